The Kier molecular flexibility index (Phi) is 5.33. The fraction of sp³-hybridized carbons (Fsp3) is 0.412. The largest absolute Gasteiger partial charge is 0.361 e. The van der Waals surface area contributed by atoms with Crippen LogP contribution in [-0.4, -0.2) is 17.1 Å². The summed E-state index contributed by atoms with van der Waals surface area (Å²) in [5.41, 5.74) is 8.97. The van der Waals surface area contributed by atoms with Crippen molar-refractivity contribution in [1.29, 1.82) is 0 Å². The monoisotopic (exact) mass is 301 g/mol. The molecule has 0 radical (unpaired) electrons. The van der Waals surface area contributed by atoms with Crippen molar-refractivity contribution in [1.82, 2.24) is 10.5 Å². The summed E-state index contributed by atoms with van der Waals surface area (Å²) < 4.78 is 5.14. The highest BCUT2D eigenvalue weighted by Crippen LogP contribution is 2.16. The SMILES string of the molecule is Cc1noc(C)c1CC(C)NC(=O)CC(N)c1ccccc1. The standard InChI is InChI=1S/C17H23N3O2/c1-11(9-15-12(2)20-22-13(15)3)19-17(21)10-16(18)14-7-5-4-6-8-14/h4-8,11,16H,9-10,18H2,1-3H3,(H,19,21). The van der Waals surface area contributed by atoms with Gasteiger partial charge in [-0.15, -0.1) is 0 Å². The number of carbonyl (C=O) groups excluding carboxylic acids is 1. The second-order valence-electron chi connectivity index (χ2n) is 5.70. The van der Waals surface area contributed by atoms with Gasteiger partial charge >= 0.3 is 0 Å². The first kappa shape index (κ1) is 16.2. The Balaban J connectivity index is 1.86. The first-order chi connectivity index (χ1) is 10.5. The Morgan fingerprint density at radius 2 is 2.00 bits per heavy atom. The smallest absolute Gasteiger partial charge is 0.222 e. The van der Waals surface area contributed by atoms with E-state index < -0.39 is 0 Å². The number of nitrogens with one attached hydrogen (secondary N) is 1. The number of benzene rings is 1. The molecule has 0 aliphatic carbocycles. The highest BCUT2D eigenvalue weighted by atomic mass is 16.5. The second kappa shape index (κ2) is 7.22. The third-order valence-corrected chi connectivity index (χ3v) is 3.73. The molecule has 0 aliphatic rings. The van der Waals surface area contributed by atoms with Crippen LogP contribution in [0.4, 0.5) is 0 Å². The predicted molar refractivity (Wildman–Crippen MR) is 85.3 cm³/mol. The van der Waals surface area contributed by atoms with Crippen molar-refractivity contribution in [3.8, 4) is 0 Å². The first-order valence-electron chi connectivity index (χ1n) is 7.49. The quantitative estimate of drug-likeness (QED) is 0.858. The van der Waals surface area contributed by atoms with E-state index >= 15 is 0 Å². The summed E-state index contributed by atoms with van der Waals surface area (Å²) in [6, 6.07) is 9.37. The molecular formula is C17H23N3O2. The summed E-state index contributed by atoms with van der Waals surface area (Å²) >= 11 is 0. The second-order valence-corrected chi connectivity index (χ2v) is 5.70. The lowest BCUT2D eigenvalue weighted by Crippen LogP contribution is -2.36. The van der Waals surface area contributed by atoms with Gasteiger partial charge in [-0.05, 0) is 32.8 Å². The molecule has 1 aromatic carbocycles. The number of hydrogen-bond acceptors (Lipinski definition) is 4. The van der Waals surface area contributed by atoms with Crippen molar-refractivity contribution >= 4 is 5.91 Å². The molecule has 0 spiro atoms. The first-order valence-corrected chi connectivity index (χ1v) is 7.49. The maximum Gasteiger partial charge on any atom is 0.222 e. The molecular weight excluding hydrogens is 278 g/mol. The highest BCUT2D eigenvalue weighted by molar-refractivity contribution is 5.77. The van der Waals surface area contributed by atoms with Crippen LogP contribution in [0.3, 0.4) is 0 Å². The normalized spacial score (nSPS) is 13.6. The Labute approximate surface area is 130 Å². The van der Waals surface area contributed by atoms with Gasteiger partial charge in [-0.2, -0.15) is 0 Å². The number of amides is 1. The molecule has 1 heterocycles. The third kappa shape index (κ3) is 4.18. The molecule has 1 aromatic heterocycles. The Morgan fingerprint density at radius 1 is 1.32 bits per heavy atom. The van der Waals surface area contributed by atoms with E-state index in [-0.39, 0.29) is 24.4 Å². The average Bonchev–Trinajstić information content (AvgIpc) is 2.79. The summed E-state index contributed by atoms with van der Waals surface area (Å²) in [6.07, 6.45) is 0.976. The minimum atomic E-state index is -0.285. The molecule has 0 bridgehead atoms. The number of aryl methyl sites for hydroxylation is 2. The van der Waals surface area contributed by atoms with Gasteiger partial charge in [-0.1, -0.05) is 35.5 Å². The zero-order valence-electron chi connectivity index (χ0n) is 13.3. The van der Waals surface area contributed by atoms with Gasteiger partial charge in [0.1, 0.15) is 5.76 Å². The van der Waals surface area contributed by atoms with Crippen molar-refractivity contribution in [2.24, 2.45) is 5.73 Å². The van der Waals surface area contributed by atoms with Gasteiger partial charge in [-0.25, -0.2) is 0 Å². The maximum atomic E-state index is 12.1. The predicted octanol–water partition coefficient (Wildman–Crippen LogP) is 2.43. The van der Waals surface area contributed by atoms with Crippen LogP contribution in [0.1, 0.15) is 42.0 Å². The fourth-order valence-electron chi connectivity index (χ4n) is 2.50. The van der Waals surface area contributed by atoms with E-state index in [0.29, 0.717) is 6.42 Å². The number of rotatable bonds is 6. The van der Waals surface area contributed by atoms with E-state index in [0.717, 1.165) is 22.6 Å². The van der Waals surface area contributed by atoms with Gasteiger partial charge in [-0.3, -0.25) is 4.79 Å². The summed E-state index contributed by atoms with van der Waals surface area (Å²) in [7, 11) is 0. The molecule has 2 aromatic rings. The van der Waals surface area contributed by atoms with Gasteiger partial charge in [0, 0.05) is 24.1 Å². The molecule has 0 saturated carbocycles. The Hall–Kier alpha value is -2.14. The number of aromatic nitrogens is 1. The third-order valence-electron chi connectivity index (χ3n) is 3.73. The van der Waals surface area contributed by atoms with Crippen LogP contribution in [0, 0.1) is 13.8 Å². The Morgan fingerprint density at radius 3 is 2.59 bits per heavy atom. The lowest BCUT2D eigenvalue weighted by molar-refractivity contribution is -0.122. The van der Waals surface area contributed by atoms with Gasteiger partial charge in [0.25, 0.3) is 0 Å². The van der Waals surface area contributed by atoms with Crippen LogP contribution in [0.25, 0.3) is 0 Å². The van der Waals surface area contributed by atoms with Gasteiger partial charge in [0.15, 0.2) is 0 Å². The lowest BCUT2D eigenvalue weighted by atomic mass is 10.0. The van der Waals surface area contributed by atoms with Crippen LogP contribution < -0.4 is 11.1 Å². The van der Waals surface area contributed by atoms with E-state index in [9.17, 15) is 4.79 Å². The molecule has 1 amide bonds. The minimum absolute atomic E-state index is 0.00673. The van der Waals surface area contributed by atoms with Crippen LogP contribution in [0.15, 0.2) is 34.9 Å². The van der Waals surface area contributed by atoms with E-state index in [1.165, 1.54) is 0 Å². The molecule has 0 saturated heterocycles. The highest BCUT2D eigenvalue weighted by Gasteiger charge is 2.16. The Bertz CT molecular complexity index is 603. The molecule has 0 aliphatic heterocycles. The van der Waals surface area contributed by atoms with E-state index in [4.69, 9.17) is 10.3 Å². The number of carbonyl (C=O) groups is 1. The lowest BCUT2D eigenvalue weighted by Gasteiger charge is -2.16. The van der Waals surface area contributed by atoms with E-state index in [2.05, 4.69) is 10.5 Å². The van der Waals surface area contributed by atoms with Gasteiger partial charge < -0.3 is 15.6 Å². The molecule has 3 N–H and O–H groups in total. The van der Waals surface area contributed by atoms with Crippen LogP contribution in [0.5, 0.6) is 0 Å². The van der Waals surface area contributed by atoms with Crippen molar-refractivity contribution in [2.75, 3.05) is 0 Å². The van der Waals surface area contributed by atoms with Gasteiger partial charge in [0.05, 0.1) is 5.69 Å². The summed E-state index contributed by atoms with van der Waals surface area (Å²) in [5, 5.41) is 6.91. The molecule has 22 heavy (non-hydrogen) atoms. The van der Waals surface area contributed by atoms with Crippen molar-refractivity contribution in [2.45, 2.75) is 45.7 Å². The van der Waals surface area contributed by atoms with Crippen LogP contribution in [-0.2, 0) is 11.2 Å². The molecule has 118 valence electrons. The molecule has 5 nitrogen and oxygen atoms in total. The van der Waals surface area contributed by atoms with Crippen molar-refractivity contribution in [3.05, 3.63) is 52.9 Å². The minimum Gasteiger partial charge on any atom is -0.361 e. The van der Waals surface area contributed by atoms with Crippen LogP contribution >= 0.6 is 0 Å². The van der Waals surface area contributed by atoms with E-state index in [1.807, 2.05) is 51.1 Å². The number of nitrogens with zero attached hydrogens (tertiary/aromatic N) is 1. The van der Waals surface area contributed by atoms with E-state index in [1.54, 1.807) is 0 Å². The van der Waals surface area contributed by atoms with Crippen molar-refractivity contribution in [3.63, 3.8) is 0 Å². The van der Waals surface area contributed by atoms with Gasteiger partial charge in [0.2, 0.25) is 5.91 Å². The number of hydrogen-bond donors (Lipinski definition) is 2. The number of nitrogens with two attached hydrogens (primary N) is 1. The summed E-state index contributed by atoms with van der Waals surface area (Å²) in [5.74, 6) is 0.759. The topological polar surface area (TPSA) is 81.2 Å². The molecule has 5 heteroatoms. The average molecular weight is 301 g/mol. The van der Waals surface area contributed by atoms with Crippen molar-refractivity contribution < 1.29 is 9.32 Å². The maximum absolute atomic E-state index is 12.1. The molecule has 2 unspecified atom stereocenters. The van der Waals surface area contributed by atoms with Crippen LogP contribution in [0.2, 0.25) is 0 Å². The molecule has 2 rings (SSSR count). The summed E-state index contributed by atoms with van der Waals surface area (Å²) in [4.78, 5) is 12.1. The molecule has 2 atom stereocenters. The fourth-order valence-corrected chi connectivity index (χ4v) is 2.50. The molecule has 0 fully saturated rings. The zero-order valence-corrected chi connectivity index (χ0v) is 13.3. The summed E-state index contributed by atoms with van der Waals surface area (Å²) in [6.45, 7) is 5.76. The zero-order chi connectivity index (χ0) is 16.1.